The van der Waals surface area contributed by atoms with Gasteiger partial charge in [-0.3, -0.25) is 4.79 Å². The second kappa shape index (κ2) is 9.31. The van der Waals surface area contributed by atoms with E-state index in [1.165, 1.54) is 16.9 Å². The number of amides is 1. The van der Waals surface area contributed by atoms with Gasteiger partial charge in [-0.25, -0.2) is 0 Å². The van der Waals surface area contributed by atoms with Crippen molar-refractivity contribution in [3.8, 4) is 17.2 Å². The Labute approximate surface area is 162 Å². The molecule has 3 rings (SSSR count). The van der Waals surface area contributed by atoms with Crippen molar-refractivity contribution in [3.63, 3.8) is 0 Å². The highest BCUT2D eigenvalue weighted by molar-refractivity contribution is 5.79. The molecule has 6 heteroatoms. The Balaban J connectivity index is 1.58. The van der Waals surface area contributed by atoms with E-state index in [2.05, 4.69) is 4.90 Å². The van der Waals surface area contributed by atoms with Crippen LogP contribution in [0.15, 0.2) is 12.1 Å². The van der Waals surface area contributed by atoms with Crippen molar-refractivity contribution in [2.75, 3.05) is 47.5 Å². The van der Waals surface area contributed by atoms with E-state index in [0.717, 1.165) is 58.4 Å². The van der Waals surface area contributed by atoms with Crippen molar-refractivity contribution in [1.82, 2.24) is 4.90 Å². The summed E-state index contributed by atoms with van der Waals surface area (Å²) in [7, 11) is 4.91. The molecule has 2 aliphatic heterocycles. The van der Waals surface area contributed by atoms with E-state index in [9.17, 15) is 4.79 Å². The monoisotopic (exact) mass is 377 g/mol. The molecule has 0 bridgehead atoms. The summed E-state index contributed by atoms with van der Waals surface area (Å²) in [4.78, 5) is 16.3. The Morgan fingerprint density at radius 2 is 1.59 bits per heavy atom. The van der Waals surface area contributed by atoms with Crippen LogP contribution in [0, 0.1) is 5.92 Å². The van der Waals surface area contributed by atoms with Gasteiger partial charge in [0.2, 0.25) is 11.7 Å². The minimum absolute atomic E-state index is 0.215. The summed E-state index contributed by atoms with van der Waals surface area (Å²) in [6.45, 7) is 4.87. The standard InChI is InChI=1S/C21H32N2O4/c1-25-18-13-16(14-19(26-2)20(18)27-3)15-22-11-7-17(8-12-22)21(24)23-9-5-4-6-10-23/h13-14,17H,4-12,15H2,1-3H3/p+1. The van der Waals surface area contributed by atoms with Crippen molar-refractivity contribution in [1.29, 1.82) is 0 Å². The molecule has 0 aliphatic carbocycles. The molecule has 2 heterocycles. The predicted octanol–water partition coefficient (Wildman–Crippen LogP) is 1.52. The van der Waals surface area contributed by atoms with E-state index in [-0.39, 0.29) is 5.92 Å². The molecular formula is C21H33N2O4+. The van der Waals surface area contributed by atoms with Gasteiger partial charge < -0.3 is 24.0 Å². The molecule has 0 spiro atoms. The molecule has 0 unspecified atom stereocenters. The maximum Gasteiger partial charge on any atom is 0.226 e. The van der Waals surface area contributed by atoms with E-state index < -0.39 is 0 Å². The van der Waals surface area contributed by atoms with Crippen LogP contribution in [0.4, 0.5) is 0 Å². The number of likely N-dealkylation sites (tertiary alicyclic amines) is 2. The lowest BCUT2D eigenvalue weighted by molar-refractivity contribution is -0.919. The van der Waals surface area contributed by atoms with Crippen LogP contribution in [0.3, 0.4) is 0 Å². The van der Waals surface area contributed by atoms with Crippen molar-refractivity contribution in [2.45, 2.75) is 38.6 Å². The lowest BCUT2D eigenvalue weighted by Gasteiger charge is -2.34. The molecule has 0 aromatic heterocycles. The zero-order valence-electron chi connectivity index (χ0n) is 16.9. The summed E-state index contributed by atoms with van der Waals surface area (Å²) >= 11 is 0. The van der Waals surface area contributed by atoms with Crippen LogP contribution in [0.25, 0.3) is 0 Å². The molecular weight excluding hydrogens is 344 g/mol. The van der Waals surface area contributed by atoms with Gasteiger partial charge >= 0.3 is 0 Å². The Bertz CT molecular complexity index is 610. The van der Waals surface area contributed by atoms with Crippen molar-refractivity contribution in [2.24, 2.45) is 5.92 Å². The number of quaternary nitrogens is 1. The Kier molecular flexibility index (Phi) is 6.83. The van der Waals surface area contributed by atoms with Crippen LogP contribution in [-0.2, 0) is 11.3 Å². The van der Waals surface area contributed by atoms with Crippen molar-refractivity contribution < 1.29 is 23.9 Å². The summed E-state index contributed by atoms with van der Waals surface area (Å²) in [5.74, 6) is 2.63. The number of nitrogens with zero attached hydrogens (tertiary/aromatic N) is 1. The number of piperidine rings is 2. The normalized spacial score (nSPS) is 23.0. The highest BCUT2D eigenvalue weighted by Gasteiger charge is 2.31. The maximum absolute atomic E-state index is 12.7. The van der Waals surface area contributed by atoms with E-state index in [4.69, 9.17) is 14.2 Å². The molecule has 1 amide bonds. The van der Waals surface area contributed by atoms with Crippen LogP contribution in [-0.4, -0.2) is 58.3 Å². The first-order valence-electron chi connectivity index (χ1n) is 10.1. The summed E-state index contributed by atoms with van der Waals surface area (Å²) in [5.41, 5.74) is 1.17. The third-order valence-electron chi connectivity index (χ3n) is 5.89. The van der Waals surface area contributed by atoms with Gasteiger partial charge in [-0.1, -0.05) is 0 Å². The quantitative estimate of drug-likeness (QED) is 0.817. The second-order valence-corrected chi connectivity index (χ2v) is 7.62. The number of benzene rings is 1. The molecule has 0 atom stereocenters. The van der Waals surface area contributed by atoms with Gasteiger partial charge in [0.25, 0.3) is 0 Å². The molecule has 2 aliphatic rings. The van der Waals surface area contributed by atoms with Gasteiger partial charge in [-0.05, 0) is 31.4 Å². The van der Waals surface area contributed by atoms with E-state index in [1.807, 2.05) is 12.1 Å². The average Bonchev–Trinajstić information content (AvgIpc) is 2.73. The second-order valence-electron chi connectivity index (χ2n) is 7.62. The fourth-order valence-electron chi connectivity index (χ4n) is 4.35. The van der Waals surface area contributed by atoms with E-state index in [0.29, 0.717) is 23.2 Å². The first-order chi connectivity index (χ1) is 13.2. The summed E-state index contributed by atoms with van der Waals surface area (Å²) < 4.78 is 16.3. The smallest absolute Gasteiger partial charge is 0.226 e. The molecule has 0 radical (unpaired) electrons. The van der Waals surface area contributed by atoms with Gasteiger partial charge in [0.05, 0.1) is 34.4 Å². The largest absolute Gasteiger partial charge is 0.493 e. The van der Waals surface area contributed by atoms with Gasteiger partial charge in [0.15, 0.2) is 11.5 Å². The molecule has 2 saturated heterocycles. The Morgan fingerprint density at radius 3 is 2.11 bits per heavy atom. The first kappa shape index (κ1) is 19.8. The van der Waals surface area contributed by atoms with Crippen molar-refractivity contribution in [3.05, 3.63) is 17.7 Å². The van der Waals surface area contributed by atoms with Crippen LogP contribution in [0.2, 0.25) is 0 Å². The fourth-order valence-corrected chi connectivity index (χ4v) is 4.35. The Morgan fingerprint density at radius 1 is 1.00 bits per heavy atom. The topological polar surface area (TPSA) is 52.4 Å². The van der Waals surface area contributed by atoms with Crippen molar-refractivity contribution >= 4 is 5.91 Å². The molecule has 2 fully saturated rings. The summed E-state index contributed by atoms with van der Waals surface area (Å²) in [5, 5.41) is 0. The lowest BCUT2D eigenvalue weighted by Crippen LogP contribution is -3.11. The molecule has 0 saturated carbocycles. The highest BCUT2D eigenvalue weighted by Crippen LogP contribution is 2.38. The summed E-state index contributed by atoms with van der Waals surface area (Å²) in [6.07, 6.45) is 5.55. The van der Waals surface area contributed by atoms with E-state index >= 15 is 0 Å². The molecule has 1 aromatic rings. The lowest BCUT2D eigenvalue weighted by atomic mass is 9.94. The number of nitrogens with one attached hydrogen (secondary N) is 1. The number of carbonyl (C=O) groups is 1. The van der Waals surface area contributed by atoms with Gasteiger partial charge in [0, 0.05) is 37.4 Å². The highest BCUT2D eigenvalue weighted by atomic mass is 16.5. The van der Waals surface area contributed by atoms with Gasteiger partial charge in [0.1, 0.15) is 6.54 Å². The zero-order chi connectivity index (χ0) is 19.2. The third kappa shape index (κ3) is 4.67. The molecule has 6 nitrogen and oxygen atoms in total. The molecule has 150 valence electrons. The number of methoxy groups -OCH3 is 3. The third-order valence-corrected chi connectivity index (χ3v) is 5.89. The molecule has 1 N–H and O–H groups in total. The SMILES string of the molecule is COc1cc(C[NH+]2CCC(C(=O)N3CCCCC3)CC2)cc(OC)c1OC. The minimum Gasteiger partial charge on any atom is -0.493 e. The molecule has 1 aromatic carbocycles. The van der Waals surface area contributed by atoms with Gasteiger partial charge in [-0.2, -0.15) is 0 Å². The van der Waals surface area contributed by atoms with E-state index in [1.54, 1.807) is 21.3 Å². The number of ether oxygens (including phenoxy) is 3. The number of carbonyl (C=O) groups excluding carboxylic acids is 1. The minimum atomic E-state index is 0.215. The zero-order valence-corrected chi connectivity index (χ0v) is 16.9. The number of hydrogen-bond acceptors (Lipinski definition) is 4. The maximum atomic E-state index is 12.7. The predicted molar refractivity (Wildman–Crippen MR) is 104 cm³/mol. The number of rotatable bonds is 6. The summed E-state index contributed by atoms with van der Waals surface area (Å²) in [6, 6.07) is 4.05. The Hall–Kier alpha value is -1.95. The first-order valence-corrected chi connectivity index (χ1v) is 10.1. The molecule has 27 heavy (non-hydrogen) atoms. The van der Waals surface area contributed by atoms with Crippen LogP contribution in [0.1, 0.15) is 37.7 Å². The van der Waals surface area contributed by atoms with Crippen LogP contribution < -0.4 is 19.1 Å². The van der Waals surface area contributed by atoms with Crippen LogP contribution in [0.5, 0.6) is 17.2 Å². The van der Waals surface area contributed by atoms with Crippen LogP contribution >= 0.6 is 0 Å². The average molecular weight is 378 g/mol. The fraction of sp³-hybridized carbons (Fsp3) is 0.667. The number of hydrogen-bond donors (Lipinski definition) is 1. The van der Waals surface area contributed by atoms with Gasteiger partial charge in [-0.15, -0.1) is 0 Å².